The minimum atomic E-state index is 0.626. The molecule has 1 aliphatic rings. The largest absolute Gasteiger partial charge is 0.398 e. The van der Waals surface area contributed by atoms with Crippen LogP contribution in [-0.4, -0.2) is 17.6 Å². The number of hydrogen-bond acceptors (Lipinski definition) is 3. The van der Waals surface area contributed by atoms with Crippen molar-refractivity contribution in [2.75, 3.05) is 17.2 Å². The molecule has 1 saturated heterocycles. The van der Waals surface area contributed by atoms with Crippen LogP contribution in [0.15, 0.2) is 28.9 Å². The summed E-state index contributed by atoms with van der Waals surface area (Å²) in [5, 5.41) is 1.04. The van der Waals surface area contributed by atoms with E-state index < -0.39 is 0 Å². The molecule has 2 heterocycles. The molecule has 1 aromatic carbocycles. The molecule has 0 aliphatic carbocycles. The molecule has 20 heavy (non-hydrogen) atoms. The zero-order valence-electron chi connectivity index (χ0n) is 11.8. The highest BCUT2D eigenvalue weighted by atomic mass is 79.9. The first-order valence-electron chi connectivity index (χ1n) is 7.31. The molecule has 4 heteroatoms. The summed E-state index contributed by atoms with van der Waals surface area (Å²) in [6.07, 6.45) is 6.91. The minimum Gasteiger partial charge on any atom is -0.398 e. The van der Waals surface area contributed by atoms with E-state index in [2.05, 4.69) is 44.9 Å². The number of nitrogen functional groups attached to an aromatic ring is 1. The Morgan fingerprint density at radius 2 is 2.25 bits per heavy atom. The molecular formula is C16H20BrN3. The standard InChI is InChI=1S/C16H20BrN3/c1-2-12-5-3-4-8-20(12)15-7-6-14(18)13-9-11(17)10-19-16(13)15/h6-7,9-10,12H,2-5,8,18H2,1H3. The Morgan fingerprint density at radius 1 is 1.40 bits per heavy atom. The van der Waals surface area contributed by atoms with Crippen molar-refractivity contribution < 1.29 is 0 Å². The van der Waals surface area contributed by atoms with E-state index in [1.165, 1.54) is 31.4 Å². The predicted molar refractivity (Wildman–Crippen MR) is 89.1 cm³/mol. The van der Waals surface area contributed by atoms with Crippen molar-refractivity contribution in [3.05, 3.63) is 28.9 Å². The third-order valence-corrected chi connectivity index (χ3v) is 4.67. The molecule has 1 fully saturated rings. The van der Waals surface area contributed by atoms with E-state index in [0.29, 0.717) is 6.04 Å². The van der Waals surface area contributed by atoms with Crippen LogP contribution in [0.25, 0.3) is 10.9 Å². The van der Waals surface area contributed by atoms with Gasteiger partial charge in [-0.15, -0.1) is 0 Å². The number of aromatic nitrogens is 1. The van der Waals surface area contributed by atoms with Crippen molar-refractivity contribution in [3.8, 4) is 0 Å². The van der Waals surface area contributed by atoms with Crippen molar-refractivity contribution in [1.29, 1.82) is 0 Å². The molecule has 1 aromatic heterocycles. The van der Waals surface area contributed by atoms with E-state index in [1.54, 1.807) is 0 Å². The number of anilines is 2. The lowest BCUT2D eigenvalue weighted by atomic mass is 9.98. The van der Waals surface area contributed by atoms with E-state index >= 15 is 0 Å². The van der Waals surface area contributed by atoms with Crippen LogP contribution in [0.1, 0.15) is 32.6 Å². The number of halogens is 1. The molecule has 0 radical (unpaired) electrons. The second-order valence-corrected chi connectivity index (χ2v) is 6.39. The fraction of sp³-hybridized carbons (Fsp3) is 0.438. The molecular weight excluding hydrogens is 314 g/mol. The Morgan fingerprint density at radius 3 is 3.05 bits per heavy atom. The molecule has 1 atom stereocenters. The van der Waals surface area contributed by atoms with Crippen LogP contribution in [0, 0.1) is 0 Å². The number of nitrogens with zero attached hydrogens (tertiary/aromatic N) is 2. The smallest absolute Gasteiger partial charge is 0.0956 e. The lowest BCUT2D eigenvalue weighted by Gasteiger charge is -2.37. The Kier molecular flexibility index (Phi) is 3.83. The first kappa shape index (κ1) is 13.7. The fourth-order valence-corrected chi connectivity index (χ4v) is 3.51. The summed E-state index contributed by atoms with van der Waals surface area (Å²) in [6, 6.07) is 6.83. The van der Waals surface area contributed by atoms with E-state index in [-0.39, 0.29) is 0 Å². The van der Waals surface area contributed by atoms with Crippen LogP contribution >= 0.6 is 15.9 Å². The van der Waals surface area contributed by atoms with Crippen LogP contribution in [-0.2, 0) is 0 Å². The third-order valence-electron chi connectivity index (χ3n) is 4.24. The summed E-state index contributed by atoms with van der Waals surface area (Å²) in [4.78, 5) is 7.14. The highest BCUT2D eigenvalue weighted by Crippen LogP contribution is 2.34. The molecule has 1 aliphatic heterocycles. The van der Waals surface area contributed by atoms with Gasteiger partial charge < -0.3 is 10.6 Å². The minimum absolute atomic E-state index is 0.626. The number of pyridine rings is 1. The van der Waals surface area contributed by atoms with E-state index in [1.807, 2.05) is 12.3 Å². The van der Waals surface area contributed by atoms with Crippen LogP contribution < -0.4 is 10.6 Å². The molecule has 0 spiro atoms. The summed E-state index contributed by atoms with van der Waals surface area (Å²) in [7, 11) is 0. The van der Waals surface area contributed by atoms with E-state index in [4.69, 9.17) is 5.73 Å². The van der Waals surface area contributed by atoms with E-state index in [0.717, 1.165) is 27.6 Å². The topological polar surface area (TPSA) is 42.1 Å². The molecule has 0 amide bonds. The Labute approximate surface area is 128 Å². The Hall–Kier alpha value is -1.29. The number of piperidine rings is 1. The van der Waals surface area contributed by atoms with Gasteiger partial charge in [-0.1, -0.05) is 6.92 Å². The van der Waals surface area contributed by atoms with Crippen LogP contribution in [0.3, 0.4) is 0 Å². The van der Waals surface area contributed by atoms with Gasteiger partial charge in [-0.3, -0.25) is 4.98 Å². The SMILES string of the molecule is CCC1CCCCN1c1ccc(N)c2cc(Br)cnc12. The molecule has 0 bridgehead atoms. The highest BCUT2D eigenvalue weighted by molar-refractivity contribution is 9.10. The second-order valence-electron chi connectivity index (χ2n) is 5.47. The normalized spacial score (nSPS) is 19.5. The van der Waals surface area contributed by atoms with Gasteiger partial charge >= 0.3 is 0 Å². The van der Waals surface area contributed by atoms with Crippen LogP contribution in [0.2, 0.25) is 0 Å². The monoisotopic (exact) mass is 333 g/mol. The Balaban J connectivity index is 2.13. The number of benzene rings is 1. The van der Waals surface area contributed by atoms with Crippen molar-refractivity contribution in [2.24, 2.45) is 0 Å². The second kappa shape index (κ2) is 5.60. The molecule has 2 aromatic rings. The van der Waals surface area contributed by atoms with Crippen molar-refractivity contribution >= 4 is 38.2 Å². The van der Waals surface area contributed by atoms with Gasteiger partial charge in [0.1, 0.15) is 0 Å². The molecule has 0 saturated carbocycles. The fourth-order valence-electron chi connectivity index (χ4n) is 3.17. The molecule has 2 N–H and O–H groups in total. The van der Waals surface area contributed by atoms with Crippen molar-refractivity contribution in [3.63, 3.8) is 0 Å². The average molecular weight is 334 g/mol. The van der Waals surface area contributed by atoms with Crippen LogP contribution in [0.5, 0.6) is 0 Å². The average Bonchev–Trinajstić information content (AvgIpc) is 2.48. The summed E-state index contributed by atoms with van der Waals surface area (Å²) in [5.41, 5.74) is 9.16. The number of hydrogen-bond donors (Lipinski definition) is 1. The van der Waals surface area contributed by atoms with Gasteiger partial charge in [-0.2, -0.15) is 0 Å². The lowest BCUT2D eigenvalue weighted by molar-refractivity contribution is 0.451. The van der Waals surface area contributed by atoms with E-state index in [9.17, 15) is 0 Å². The Bertz CT molecular complexity index is 626. The summed E-state index contributed by atoms with van der Waals surface area (Å²) < 4.78 is 0.972. The zero-order chi connectivity index (χ0) is 14.1. The highest BCUT2D eigenvalue weighted by Gasteiger charge is 2.23. The maximum atomic E-state index is 6.11. The number of fused-ring (bicyclic) bond motifs is 1. The quantitative estimate of drug-likeness (QED) is 0.831. The van der Waals surface area contributed by atoms with Gasteiger partial charge in [0.15, 0.2) is 0 Å². The molecule has 1 unspecified atom stereocenters. The van der Waals surface area contributed by atoms with Gasteiger partial charge in [0.25, 0.3) is 0 Å². The first-order valence-corrected chi connectivity index (χ1v) is 8.10. The maximum absolute atomic E-state index is 6.11. The van der Waals surface area contributed by atoms with Crippen molar-refractivity contribution in [1.82, 2.24) is 4.98 Å². The maximum Gasteiger partial charge on any atom is 0.0956 e. The van der Waals surface area contributed by atoms with Gasteiger partial charge in [-0.05, 0) is 59.8 Å². The predicted octanol–water partition coefficient (Wildman–Crippen LogP) is 4.35. The number of nitrogens with two attached hydrogens (primary N) is 1. The lowest BCUT2D eigenvalue weighted by Crippen LogP contribution is -2.39. The van der Waals surface area contributed by atoms with Gasteiger partial charge in [0, 0.05) is 34.3 Å². The zero-order valence-corrected chi connectivity index (χ0v) is 13.4. The molecule has 3 rings (SSSR count). The van der Waals surface area contributed by atoms with Gasteiger partial charge in [-0.25, -0.2) is 0 Å². The van der Waals surface area contributed by atoms with Gasteiger partial charge in [0.05, 0.1) is 11.2 Å². The van der Waals surface area contributed by atoms with Crippen molar-refractivity contribution in [2.45, 2.75) is 38.6 Å². The van der Waals surface area contributed by atoms with Gasteiger partial charge in [0.2, 0.25) is 0 Å². The third kappa shape index (κ3) is 2.37. The molecule has 3 nitrogen and oxygen atoms in total. The summed E-state index contributed by atoms with van der Waals surface area (Å²) in [5.74, 6) is 0. The number of rotatable bonds is 2. The first-order chi connectivity index (χ1) is 9.70. The van der Waals surface area contributed by atoms with Crippen LogP contribution in [0.4, 0.5) is 11.4 Å². The summed E-state index contributed by atoms with van der Waals surface area (Å²) >= 11 is 3.48. The summed E-state index contributed by atoms with van der Waals surface area (Å²) in [6.45, 7) is 3.39. The molecule has 106 valence electrons.